The highest BCUT2D eigenvalue weighted by Gasteiger charge is 2.13. The van der Waals surface area contributed by atoms with Crippen molar-refractivity contribution in [1.82, 2.24) is 0 Å². The van der Waals surface area contributed by atoms with E-state index in [0.717, 1.165) is 34.6 Å². The lowest BCUT2D eigenvalue weighted by Crippen LogP contribution is -2.11. The van der Waals surface area contributed by atoms with Gasteiger partial charge in [-0.25, -0.2) is 4.39 Å². The molecule has 0 N–H and O–H groups in total. The summed E-state index contributed by atoms with van der Waals surface area (Å²) in [6.07, 6.45) is 1.67. The van der Waals surface area contributed by atoms with Gasteiger partial charge in [0.1, 0.15) is 5.82 Å². The van der Waals surface area contributed by atoms with Gasteiger partial charge in [-0.05, 0) is 60.6 Å². The second-order valence-electron chi connectivity index (χ2n) is 5.09. The van der Waals surface area contributed by atoms with Crippen molar-refractivity contribution >= 4 is 23.2 Å². The molecule has 0 fully saturated rings. The fraction of sp³-hybridized carbons (Fsp3) is 0.294. The van der Waals surface area contributed by atoms with Crippen LogP contribution in [0.4, 0.5) is 4.39 Å². The van der Waals surface area contributed by atoms with Crippen LogP contribution in [0, 0.1) is 18.7 Å². The van der Waals surface area contributed by atoms with Crippen LogP contribution in [0.1, 0.15) is 16.7 Å². The minimum absolute atomic E-state index is 0.195. The first-order valence-electron chi connectivity index (χ1n) is 6.64. The van der Waals surface area contributed by atoms with E-state index in [9.17, 15) is 4.39 Å². The number of alkyl halides is 1. The molecule has 0 amide bonds. The highest BCUT2D eigenvalue weighted by atomic mass is 35.5. The average Bonchev–Trinajstić information content (AvgIpc) is 2.43. The lowest BCUT2D eigenvalue weighted by atomic mass is 9.92. The van der Waals surface area contributed by atoms with Crippen LogP contribution in [0.5, 0.6) is 0 Å². The highest BCUT2D eigenvalue weighted by Crippen LogP contribution is 2.23. The third-order valence-corrected chi connectivity index (χ3v) is 4.30. The fourth-order valence-corrected chi connectivity index (χ4v) is 2.79. The molecule has 2 aromatic carbocycles. The topological polar surface area (TPSA) is 0 Å². The first-order valence-corrected chi connectivity index (χ1v) is 7.55. The molecule has 1 atom stereocenters. The Labute approximate surface area is 129 Å². The van der Waals surface area contributed by atoms with Gasteiger partial charge in [0.15, 0.2) is 0 Å². The molecule has 0 spiro atoms. The summed E-state index contributed by atoms with van der Waals surface area (Å²) in [6, 6.07) is 12.7. The Hall–Kier alpha value is -1.05. The summed E-state index contributed by atoms with van der Waals surface area (Å²) in [6.45, 7) is 1.93. The number of rotatable bonds is 5. The smallest absolute Gasteiger partial charge is 0.123 e. The zero-order valence-corrected chi connectivity index (χ0v) is 12.9. The van der Waals surface area contributed by atoms with Crippen LogP contribution in [-0.2, 0) is 12.8 Å². The number of hydrogen-bond acceptors (Lipinski definition) is 0. The van der Waals surface area contributed by atoms with Crippen molar-refractivity contribution in [3.63, 3.8) is 0 Å². The number of halogens is 3. The maximum atomic E-state index is 13.1. The maximum Gasteiger partial charge on any atom is 0.123 e. The summed E-state index contributed by atoms with van der Waals surface area (Å²) < 4.78 is 13.1. The molecule has 0 bridgehead atoms. The summed E-state index contributed by atoms with van der Waals surface area (Å²) in [5.74, 6) is 0.655. The fourth-order valence-electron chi connectivity index (χ4n) is 2.36. The van der Waals surface area contributed by atoms with E-state index < -0.39 is 0 Å². The molecular formula is C17H17Cl2F. The van der Waals surface area contributed by atoms with E-state index in [1.54, 1.807) is 6.07 Å². The number of hydrogen-bond donors (Lipinski definition) is 0. The van der Waals surface area contributed by atoms with Crippen molar-refractivity contribution in [3.05, 3.63) is 70.0 Å². The summed E-state index contributed by atoms with van der Waals surface area (Å²) in [7, 11) is 0. The molecule has 106 valence electrons. The van der Waals surface area contributed by atoms with Crippen LogP contribution >= 0.6 is 23.2 Å². The Kier molecular flexibility index (Phi) is 5.45. The minimum Gasteiger partial charge on any atom is -0.207 e. The second-order valence-corrected chi connectivity index (χ2v) is 5.81. The predicted molar refractivity (Wildman–Crippen MR) is 84.2 cm³/mol. The van der Waals surface area contributed by atoms with Crippen molar-refractivity contribution in [3.8, 4) is 0 Å². The van der Waals surface area contributed by atoms with Gasteiger partial charge in [-0.15, -0.1) is 11.6 Å². The molecule has 0 saturated heterocycles. The molecule has 0 aliphatic carbocycles. The minimum atomic E-state index is -0.195. The van der Waals surface area contributed by atoms with Gasteiger partial charge in [-0.3, -0.25) is 0 Å². The normalized spacial score (nSPS) is 12.4. The largest absolute Gasteiger partial charge is 0.207 e. The van der Waals surface area contributed by atoms with Gasteiger partial charge < -0.3 is 0 Å². The standard InChI is InChI=1S/C17H17Cl2F/c1-12-8-16(20)7-6-14(12)9-13(11-18)10-15-4-2-3-5-17(15)19/h2-8,13H,9-11H2,1H3. The van der Waals surface area contributed by atoms with E-state index in [4.69, 9.17) is 23.2 Å². The Morgan fingerprint density at radius 2 is 1.75 bits per heavy atom. The zero-order chi connectivity index (χ0) is 14.5. The molecular weight excluding hydrogens is 294 g/mol. The van der Waals surface area contributed by atoms with E-state index >= 15 is 0 Å². The Morgan fingerprint density at radius 1 is 1.05 bits per heavy atom. The molecule has 1 unspecified atom stereocenters. The molecule has 0 aliphatic rings. The summed E-state index contributed by atoms with van der Waals surface area (Å²) in [4.78, 5) is 0. The Morgan fingerprint density at radius 3 is 2.40 bits per heavy atom. The lowest BCUT2D eigenvalue weighted by Gasteiger charge is -2.16. The molecule has 0 heterocycles. The van der Waals surface area contributed by atoms with Gasteiger partial charge in [0, 0.05) is 10.9 Å². The molecule has 0 aliphatic heterocycles. The molecule has 0 radical (unpaired) electrons. The SMILES string of the molecule is Cc1cc(F)ccc1CC(CCl)Cc1ccccc1Cl. The number of benzene rings is 2. The van der Waals surface area contributed by atoms with Crippen molar-refractivity contribution in [2.24, 2.45) is 5.92 Å². The number of aryl methyl sites for hydroxylation is 1. The maximum absolute atomic E-state index is 13.1. The average molecular weight is 311 g/mol. The van der Waals surface area contributed by atoms with Crippen LogP contribution in [0.15, 0.2) is 42.5 Å². The van der Waals surface area contributed by atoms with Crippen molar-refractivity contribution in [2.45, 2.75) is 19.8 Å². The molecule has 2 rings (SSSR count). The van der Waals surface area contributed by atoms with E-state index in [-0.39, 0.29) is 5.82 Å². The van der Waals surface area contributed by atoms with Crippen LogP contribution in [0.25, 0.3) is 0 Å². The molecule has 0 aromatic heterocycles. The van der Waals surface area contributed by atoms with Gasteiger partial charge in [0.05, 0.1) is 0 Å². The molecule has 0 nitrogen and oxygen atoms in total. The van der Waals surface area contributed by atoms with Crippen molar-refractivity contribution in [1.29, 1.82) is 0 Å². The second kappa shape index (κ2) is 7.10. The first kappa shape index (κ1) is 15.3. The quantitative estimate of drug-likeness (QED) is 0.646. The van der Waals surface area contributed by atoms with Crippen LogP contribution < -0.4 is 0 Å². The van der Waals surface area contributed by atoms with Crippen LogP contribution in [0.2, 0.25) is 5.02 Å². The van der Waals surface area contributed by atoms with Gasteiger partial charge in [0.25, 0.3) is 0 Å². The van der Waals surface area contributed by atoms with E-state index in [1.165, 1.54) is 6.07 Å². The first-order chi connectivity index (χ1) is 9.60. The summed E-state index contributed by atoms with van der Waals surface area (Å²) in [5.41, 5.74) is 3.22. The third-order valence-electron chi connectivity index (χ3n) is 3.50. The van der Waals surface area contributed by atoms with Gasteiger partial charge in [-0.2, -0.15) is 0 Å². The van der Waals surface area contributed by atoms with Crippen molar-refractivity contribution in [2.75, 3.05) is 5.88 Å². The molecule has 3 heteroatoms. The predicted octanol–water partition coefficient (Wildman–Crippen LogP) is 5.43. The highest BCUT2D eigenvalue weighted by molar-refractivity contribution is 6.31. The monoisotopic (exact) mass is 310 g/mol. The Balaban J connectivity index is 2.11. The van der Waals surface area contributed by atoms with Crippen LogP contribution in [-0.4, -0.2) is 5.88 Å². The lowest BCUT2D eigenvalue weighted by molar-refractivity contribution is 0.579. The van der Waals surface area contributed by atoms with Gasteiger partial charge in [0.2, 0.25) is 0 Å². The van der Waals surface area contributed by atoms with E-state index in [1.807, 2.05) is 37.3 Å². The molecule has 20 heavy (non-hydrogen) atoms. The molecule has 2 aromatic rings. The van der Waals surface area contributed by atoms with Crippen LogP contribution in [0.3, 0.4) is 0 Å². The van der Waals surface area contributed by atoms with Crippen molar-refractivity contribution < 1.29 is 4.39 Å². The van der Waals surface area contributed by atoms with Gasteiger partial charge in [-0.1, -0.05) is 35.9 Å². The molecule has 0 saturated carbocycles. The van der Waals surface area contributed by atoms with E-state index in [0.29, 0.717) is 11.8 Å². The van der Waals surface area contributed by atoms with E-state index in [2.05, 4.69) is 0 Å². The third kappa shape index (κ3) is 3.97. The Bertz CT molecular complexity index is 581. The summed E-state index contributed by atoms with van der Waals surface area (Å²) >= 11 is 12.3. The summed E-state index contributed by atoms with van der Waals surface area (Å²) in [5, 5.41) is 0.776. The van der Waals surface area contributed by atoms with Gasteiger partial charge >= 0.3 is 0 Å². The zero-order valence-electron chi connectivity index (χ0n) is 11.4.